The number of carboxylic acids is 1. The summed E-state index contributed by atoms with van der Waals surface area (Å²) in [5, 5.41) is 30.7. The summed E-state index contributed by atoms with van der Waals surface area (Å²) in [5.74, 6) is -0.470. The lowest BCUT2D eigenvalue weighted by Crippen LogP contribution is -2.17. The number of aliphatic carboxylic acids is 1. The zero-order valence-electron chi connectivity index (χ0n) is 17.9. The van der Waals surface area contributed by atoms with Crippen molar-refractivity contribution >= 4 is 17.3 Å². The van der Waals surface area contributed by atoms with Gasteiger partial charge in [0.05, 0.1) is 5.69 Å². The molecule has 1 unspecified atom stereocenters. The van der Waals surface area contributed by atoms with Crippen LogP contribution in [0.25, 0.3) is 0 Å². The number of para-hydroxylation sites is 1. The van der Waals surface area contributed by atoms with E-state index in [0.29, 0.717) is 30.1 Å². The van der Waals surface area contributed by atoms with Gasteiger partial charge in [0.2, 0.25) is 0 Å². The number of H-pyrrole nitrogens is 1. The van der Waals surface area contributed by atoms with Crippen LogP contribution in [-0.4, -0.2) is 26.0 Å². The molecule has 0 radical (unpaired) electrons. The highest BCUT2D eigenvalue weighted by Gasteiger charge is 2.23. The fourth-order valence-corrected chi connectivity index (χ4v) is 4.31. The molecule has 166 valence electrons. The molecule has 4 rings (SSSR count). The number of phenolic OH excluding ortho intramolecular Hbond substituents is 1. The SMILES string of the molecule is Cc1[nH]n(CCCC(=O)O)c(=O)c1N=Nc1cccc(CC2CCc3ccccc32)c1O. The van der Waals surface area contributed by atoms with E-state index in [1.807, 2.05) is 12.1 Å². The summed E-state index contributed by atoms with van der Waals surface area (Å²) >= 11 is 0. The van der Waals surface area contributed by atoms with Crippen molar-refractivity contribution in [2.45, 2.75) is 51.5 Å². The summed E-state index contributed by atoms with van der Waals surface area (Å²) in [7, 11) is 0. The van der Waals surface area contributed by atoms with Gasteiger partial charge in [-0.3, -0.25) is 19.4 Å². The Kier molecular flexibility index (Phi) is 6.20. The van der Waals surface area contributed by atoms with Gasteiger partial charge in [0.25, 0.3) is 5.56 Å². The Labute approximate surface area is 185 Å². The Morgan fingerprint density at radius 3 is 2.81 bits per heavy atom. The second kappa shape index (κ2) is 9.21. The first kappa shape index (κ1) is 21.5. The third-order valence-corrected chi connectivity index (χ3v) is 5.96. The number of aromatic hydroxyl groups is 1. The molecule has 8 nitrogen and oxygen atoms in total. The molecule has 0 aliphatic heterocycles. The number of nitrogens with zero attached hydrogens (tertiary/aromatic N) is 3. The third kappa shape index (κ3) is 4.49. The van der Waals surface area contributed by atoms with Gasteiger partial charge in [0, 0.05) is 13.0 Å². The average Bonchev–Trinajstić information content (AvgIpc) is 3.29. The number of azo groups is 1. The summed E-state index contributed by atoms with van der Waals surface area (Å²) in [6.45, 7) is 1.96. The number of phenols is 1. The Morgan fingerprint density at radius 1 is 1.19 bits per heavy atom. The van der Waals surface area contributed by atoms with E-state index in [1.54, 1.807) is 13.0 Å². The van der Waals surface area contributed by atoms with Crippen molar-refractivity contribution < 1.29 is 15.0 Å². The summed E-state index contributed by atoms with van der Waals surface area (Å²) in [6.07, 6.45) is 3.12. The molecule has 1 atom stereocenters. The number of fused-ring (bicyclic) bond motifs is 1. The van der Waals surface area contributed by atoms with Crippen molar-refractivity contribution in [1.29, 1.82) is 0 Å². The van der Waals surface area contributed by atoms with Crippen molar-refractivity contribution in [3.05, 3.63) is 75.2 Å². The molecule has 1 aliphatic carbocycles. The molecule has 1 heterocycles. The van der Waals surface area contributed by atoms with Crippen molar-refractivity contribution in [1.82, 2.24) is 9.78 Å². The van der Waals surface area contributed by atoms with Crippen molar-refractivity contribution in [3.63, 3.8) is 0 Å². The van der Waals surface area contributed by atoms with Crippen molar-refractivity contribution in [2.24, 2.45) is 10.2 Å². The maximum Gasteiger partial charge on any atom is 0.303 e. The summed E-state index contributed by atoms with van der Waals surface area (Å²) in [4.78, 5) is 23.2. The number of carbonyl (C=O) groups is 1. The Balaban J connectivity index is 1.52. The molecule has 0 saturated carbocycles. The fraction of sp³-hybridized carbons (Fsp3) is 0.333. The summed E-state index contributed by atoms with van der Waals surface area (Å²) in [6, 6.07) is 13.8. The highest BCUT2D eigenvalue weighted by Crippen LogP contribution is 2.39. The molecule has 0 saturated heterocycles. The maximum absolute atomic E-state index is 12.6. The van der Waals surface area contributed by atoms with E-state index in [-0.39, 0.29) is 30.0 Å². The number of aryl methyl sites for hydroxylation is 3. The first-order valence-electron chi connectivity index (χ1n) is 10.8. The predicted molar refractivity (Wildman–Crippen MR) is 120 cm³/mol. The lowest BCUT2D eigenvalue weighted by atomic mass is 9.93. The van der Waals surface area contributed by atoms with Crippen LogP contribution in [0.15, 0.2) is 57.5 Å². The first-order chi connectivity index (χ1) is 15.4. The lowest BCUT2D eigenvalue weighted by molar-refractivity contribution is -0.137. The van der Waals surface area contributed by atoms with Crippen LogP contribution in [0.5, 0.6) is 5.75 Å². The van der Waals surface area contributed by atoms with Crippen LogP contribution in [-0.2, 0) is 24.2 Å². The van der Waals surface area contributed by atoms with Crippen LogP contribution in [0.3, 0.4) is 0 Å². The monoisotopic (exact) mass is 434 g/mol. The number of aromatic nitrogens is 2. The van der Waals surface area contributed by atoms with E-state index in [1.165, 1.54) is 15.8 Å². The number of hydrogen-bond acceptors (Lipinski definition) is 5. The van der Waals surface area contributed by atoms with Crippen molar-refractivity contribution in [2.75, 3.05) is 0 Å². The number of benzene rings is 2. The van der Waals surface area contributed by atoms with Crippen molar-refractivity contribution in [3.8, 4) is 5.75 Å². The van der Waals surface area contributed by atoms with Crippen LogP contribution in [0.1, 0.15) is 47.6 Å². The highest BCUT2D eigenvalue weighted by molar-refractivity contribution is 5.66. The zero-order valence-corrected chi connectivity index (χ0v) is 17.9. The van der Waals surface area contributed by atoms with E-state index >= 15 is 0 Å². The molecule has 3 N–H and O–H groups in total. The van der Waals surface area contributed by atoms with E-state index < -0.39 is 5.97 Å². The molecular weight excluding hydrogens is 408 g/mol. The quantitative estimate of drug-likeness (QED) is 0.443. The van der Waals surface area contributed by atoms with Gasteiger partial charge >= 0.3 is 5.97 Å². The van der Waals surface area contributed by atoms with E-state index in [0.717, 1.165) is 18.4 Å². The molecule has 0 bridgehead atoms. The van der Waals surface area contributed by atoms with Gasteiger partial charge < -0.3 is 10.2 Å². The number of hydrogen-bond donors (Lipinski definition) is 3. The molecule has 0 spiro atoms. The third-order valence-electron chi connectivity index (χ3n) is 5.96. The van der Waals surface area contributed by atoms with E-state index in [9.17, 15) is 14.7 Å². The second-order valence-corrected chi connectivity index (χ2v) is 8.16. The molecule has 1 aromatic heterocycles. The lowest BCUT2D eigenvalue weighted by Gasteiger charge is -2.13. The largest absolute Gasteiger partial charge is 0.505 e. The van der Waals surface area contributed by atoms with Gasteiger partial charge in [-0.05, 0) is 61.3 Å². The van der Waals surface area contributed by atoms with Crippen LogP contribution < -0.4 is 5.56 Å². The van der Waals surface area contributed by atoms with E-state index in [2.05, 4.69) is 39.6 Å². The average molecular weight is 434 g/mol. The van der Waals surface area contributed by atoms with Gasteiger partial charge in [-0.1, -0.05) is 36.4 Å². The number of nitrogens with one attached hydrogen (secondary N) is 1. The van der Waals surface area contributed by atoms with E-state index in [4.69, 9.17) is 5.11 Å². The van der Waals surface area contributed by atoms with Crippen LogP contribution in [0.4, 0.5) is 11.4 Å². The molecule has 32 heavy (non-hydrogen) atoms. The standard InChI is InChI=1S/C24H26N4O4/c1-15-22(24(32)28(27-15)13-5-10-21(29)30)26-25-20-9-4-7-18(23(20)31)14-17-12-11-16-6-2-3-8-19(16)17/h2-4,6-9,17,27,31H,5,10-14H2,1H3,(H,29,30). The minimum Gasteiger partial charge on any atom is -0.505 e. The molecule has 2 aromatic carbocycles. The van der Waals surface area contributed by atoms with Gasteiger partial charge in [-0.2, -0.15) is 0 Å². The normalized spacial score (nSPS) is 15.3. The number of rotatable bonds is 8. The van der Waals surface area contributed by atoms with Crippen LogP contribution in [0.2, 0.25) is 0 Å². The predicted octanol–water partition coefficient (Wildman–Crippen LogP) is 4.74. The number of carboxylic acid groups (broad SMARTS) is 1. The molecule has 0 amide bonds. The molecule has 3 aromatic rings. The van der Waals surface area contributed by atoms with Gasteiger partial charge in [0.15, 0.2) is 5.69 Å². The minimum absolute atomic E-state index is 0.0203. The summed E-state index contributed by atoms with van der Waals surface area (Å²) < 4.78 is 1.33. The summed E-state index contributed by atoms with van der Waals surface area (Å²) in [5.41, 5.74) is 4.14. The van der Waals surface area contributed by atoms with Gasteiger partial charge in [-0.15, -0.1) is 10.2 Å². The van der Waals surface area contributed by atoms with Crippen LogP contribution >= 0.6 is 0 Å². The Bertz CT molecular complexity index is 1220. The first-order valence-corrected chi connectivity index (χ1v) is 10.8. The van der Waals surface area contributed by atoms with Gasteiger partial charge in [-0.25, -0.2) is 0 Å². The molecule has 1 aliphatic rings. The molecule has 0 fully saturated rings. The molecule has 8 heteroatoms. The minimum atomic E-state index is -0.905. The number of aromatic amines is 1. The molecular formula is C24H26N4O4. The van der Waals surface area contributed by atoms with Crippen LogP contribution in [0, 0.1) is 6.92 Å². The zero-order chi connectivity index (χ0) is 22.7. The highest BCUT2D eigenvalue weighted by atomic mass is 16.4. The fourth-order valence-electron chi connectivity index (χ4n) is 4.31. The maximum atomic E-state index is 12.6. The Hall–Kier alpha value is -3.68. The Morgan fingerprint density at radius 2 is 2.00 bits per heavy atom. The topological polar surface area (TPSA) is 120 Å². The smallest absolute Gasteiger partial charge is 0.303 e. The van der Waals surface area contributed by atoms with Gasteiger partial charge in [0.1, 0.15) is 11.4 Å². The second-order valence-electron chi connectivity index (χ2n) is 8.16.